The quantitative estimate of drug-likeness (QED) is 0.524. The van der Waals surface area contributed by atoms with Gasteiger partial charge in [-0.3, -0.25) is 10.5 Å². The van der Waals surface area contributed by atoms with Crippen LogP contribution in [0.3, 0.4) is 0 Å². The predicted octanol–water partition coefficient (Wildman–Crippen LogP) is -0.112. The fourth-order valence-corrected chi connectivity index (χ4v) is 2.77. The average Bonchev–Trinajstić information content (AvgIpc) is 2.76. The van der Waals surface area contributed by atoms with Crippen molar-refractivity contribution in [2.24, 2.45) is 12.9 Å². The first-order chi connectivity index (χ1) is 9.45. The molecule has 2 rings (SSSR count). The van der Waals surface area contributed by atoms with Gasteiger partial charge in [0.2, 0.25) is 0 Å². The maximum absolute atomic E-state index is 12.2. The molecular weight excluding hydrogens is 280 g/mol. The monoisotopic (exact) mass is 296 g/mol. The summed E-state index contributed by atoms with van der Waals surface area (Å²) < 4.78 is 28.6. The standard InChI is InChI=1S/C11H16N6O2S/c1-8-9(6-14-17(8)2)7-15-20(18,19)11-10(16-12)4-3-5-13-11/h3-6,15-16H,7,12H2,1-2H3. The maximum Gasteiger partial charge on any atom is 0.260 e. The summed E-state index contributed by atoms with van der Waals surface area (Å²) in [5, 5.41) is 3.92. The zero-order valence-corrected chi connectivity index (χ0v) is 12.0. The van der Waals surface area contributed by atoms with Crippen LogP contribution in [0.15, 0.2) is 29.6 Å². The third-order valence-corrected chi connectivity index (χ3v) is 4.33. The van der Waals surface area contributed by atoms with Crippen molar-refractivity contribution in [1.82, 2.24) is 19.5 Å². The van der Waals surface area contributed by atoms with Crippen LogP contribution in [-0.2, 0) is 23.6 Å². The van der Waals surface area contributed by atoms with E-state index in [0.29, 0.717) is 0 Å². The molecule has 108 valence electrons. The highest BCUT2D eigenvalue weighted by Crippen LogP contribution is 2.17. The molecular formula is C11H16N6O2S. The number of nitrogens with one attached hydrogen (secondary N) is 2. The van der Waals surface area contributed by atoms with Gasteiger partial charge < -0.3 is 5.43 Å². The molecule has 0 atom stereocenters. The third kappa shape index (κ3) is 2.79. The highest BCUT2D eigenvalue weighted by atomic mass is 32.2. The SMILES string of the molecule is Cc1c(CNS(=O)(=O)c2ncccc2NN)cnn1C. The summed E-state index contributed by atoms with van der Waals surface area (Å²) in [4.78, 5) is 3.85. The number of hydrogen-bond acceptors (Lipinski definition) is 6. The van der Waals surface area contributed by atoms with E-state index in [9.17, 15) is 8.42 Å². The highest BCUT2D eigenvalue weighted by molar-refractivity contribution is 7.89. The second-order valence-electron chi connectivity index (χ2n) is 4.20. The van der Waals surface area contributed by atoms with Gasteiger partial charge in [0, 0.05) is 31.0 Å². The van der Waals surface area contributed by atoms with E-state index in [-0.39, 0.29) is 17.3 Å². The lowest BCUT2D eigenvalue weighted by molar-refractivity contribution is 0.577. The van der Waals surface area contributed by atoms with E-state index < -0.39 is 10.0 Å². The van der Waals surface area contributed by atoms with Crippen LogP contribution < -0.4 is 16.0 Å². The molecule has 0 amide bonds. The molecule has 0 unspecified atom stereocenters. The van der Waals surface area contributed by atoms with E-state index in [1.54, 1.807) is 24.0 Å². The van der Waals surface area contributed by atoms with Gasteiger partial charge in [-0.05, 0) is 19.1 Å². The van der Waals surface area contributed by atoms with Gasteiger partial charge in [-0.25, -0.2) is 18.1 Å². The van der Waals surface area contributed by atoms with Crippen LogP contribution in [0.5, 0.6) is 0 Å². The molecule has 0 fully saturated rings. The number of pyridine rings is 1. The lowest BCUT2D eigenvalue weighted by atomic mass is 10.3. The van der Waals surface area contributed by atoms with Crippen molar-refractivity contribution >= 4 is 15.7 Å². The number of sulfonamides is 1. The van der Waals surface area contributed by atoms with Crippen molar-refractivity contribution in [1.29, 1.82) is 0 Å². The fourth-order valence-electron chi connectivity index (χ4n) is 1.67. The molecule has 2 heterocycles. The molecule has 4 N–H and O–H groups in total. The molecule has 0 saturated heterocycles. The lowest BCUT2D eigenvalue weighted by Gasteiger charge is -2.09. The third-order valence-electron chi connectivity index (χ3n) is 2.97. The first kappa shape index (κ1) is 14.4. The number of anilines is 1. The summed E-state index contributed by atoms with van der Waals surface area (Å²) in [6, 6.07) is 3.14. The molecule has 2 aromatic heterocycles. The molecule has 0 aromatic carbocycles. The van der Waals surface area contributed by atoms with E-state index in [0.717, 1.165) is 11.3 Å². The minimum Gasteiger partial charge on any atom is -0.321 e. The van der Waals surface area contributed by atoms with Crippen LogP contribution in [0.1, 0.15) is 11.3 Å². The van der Waals surface area contributed by atoms with Crippen molar-refractivity contribution < 1.29 is 8.42 Å². The molecule has 9 heteroatoms. The Morgan fingerprint density at radius 1 is 1.45 bits per heavy atom. The molecule has 0 saturated carbocycles. The molecule has 20 heavy (non-hydrogen) atoms. The minimum atomic E-state index is -3.75. The van der Waals surface area contributed by atoms with E-state index in [2.05, 4.69) is 20.2 Å². The molecule has 2 aromatic rings. The Labute approximate surface area is 117 Å². The van der Waals surface area contributed by atoms with Gasteiger partial charge in [0.25, 0.3) is 10.0 Å². The fraction of sp³-hybridized carbons (Fsp3) is 0.273. The average molecular weight is 296 g/mol. The summed E-state index contributed by atoms with van der Waals surface area (Å²) in [5.74, 6) is 5.29. The molecule has 0 aliphatic carbocycles. The smallest absolute Gasteiger partial charge is 0.260 e. The topological polar surface area (TPSA) is 115 Å². The Morgan fingerprint density at radius 2 is 2.20 bits per heavy atom. The Balaban J connectivity index is 2.22. The Hall–Kier alpha value is -1.97. The van der Waals surface area contributed by atoms with Crippen LogP contribution in [0.4, 0.5) is 5.69 Å². The van der Waals surface area contributed by atoms with Gasteiger partial charge in [0.15, 0.2) is 5.03 Å². The van der Waals surface area contributed by atoms with Crippen molar-refractivity contribution in [2.75, 3.05) is 5.43 Å². The number of hydrazine groups is 1. The number of nitrogens with two attached hydrogens (primary N) is 1. The maximum atomic E-state index is 12.2. The molecule has 0 aliphatic rings. The lowest BCUT2D eigenvalue weighted by Crippen LogP contribution is -2.26. The first-order valence-corrected chi connectivity index (χ1v) is 7.33. The number of nitrogen functional groups attached to an aromatic ring is 1. The summed E-state index contributed by atoms with van der Waals surface area (Å²) in [6.45, 7) is 2.01. The summed E-state index contributed by atoms with van der Waals surface area (Å²) in [7, 11) is -1.96. The molecule has 0 spiro atoms. The van der Waals surface area contributed by atoms with Gasteiger partial charge in [-0.1, -0.05) is 0 Å². The second kappa shape index (κ2) is 5.57. The number of aromatic nitrogens is 3. The number of rotatable bonds is 5. The van der Waals surface area contributed by atoms with Gasteiger partial charge in [0.05, 0.1) is 11.9 Å². The second-order valence-corrected chi connectivity index (χ2v) is 5.89. The Kier molecular flexibility index (Phi) is 4.02. The Bertz CT molecular complexity index is 709. The van der Waals surface area contributed by atoms with Crippen molar-refractivity contribution in [3.8, 4) is 0 Å². The molecule has 8 nitrogen and oxygen atoms in total. The zero-order valence-electron chi connectivity index (χ0n) is 11.2. The zero-order chi connectivity index (χ0) is 14.8. The van der Waals surface area contributed by atoms with Crippen LogP contribution in [0.25, 0.3) is 0 Å². The van der Waals surface area contributed by atoms with E-state index in [1.165, 1.54) is 12.3 Å². The molecule has 0 radical (unpaired) electrons. The minimum absolute atomic E-state index is 0.135. The van der Waals surface area contributed by atoms with Crippen molar-refractivity contribution in [3.05, 3.63) is 35.8 Å². The van der Waals surface area contributed by atoms with Gasteiger partial charge in [0.1, 0.15) is 0 Å². The van der Waals surface area contributed by atoms with Crippen LogP contribution in [-0.4, -0.2) is 23.2 Å². The van der Waals surface area contributed by atoms with E-state index >= 15 is 0 Å². The summed E-state index contributed by atoms with van der Waals surface area (Å²) >= 11 is 0. The number of aryl methyl sites for hydroxylation is 1. The highest BCUT2D eigenvalue weighted by Gasteiger charge is 2.20. The van der Waals surface area contributed by atoms with E-state index in [4.69, 9.17) is 5.84 Å². The van der Waals surface area contributed by atoms with Crippen LogP contribution in [0.2, 0.25) is 0 Å². The molecule has 0 aliphatic heterocycles. The van der Waals surface area contributed by atoms with Crippen LogP contribution in [0, 0.1) is 6.92 Å². The van der Waals surface area contributed by atoms with E-state index in [1.807, 2.05) is 6.92 Å². The normalized spacial score (nSPS) is 11.6. The van der Waals surface area contributed by atoms with Gasteiger partial charge >= 0.3 is 0 Å². The van der Waals surface area contributed by atoms with Gasteiger partial charge in [-0.2, -0.15) is 5.10 Å². The summed E-state index contributed by atoms with van der Waals surface area (Å²) in [6.07, 6.45) is 3.02. The number of nitrogens with zero attached hydrogens (tertiary/aromatic N) is 3. The number of hydrogen-bond donors (Lipinski definition) is 3. The molecule has 0 bridgehead atoms. The predicted molar refractivity (Wildman–Crippen MR) is 74.0 cm³/mol. The van der Waals surface area contributed by atoms with Crippen molar-refractivity contribution in [2.45, 2.75) is 18.5 Å². The van der Waals surface area contributed by atoms with Gasteiger partial charge in [-0.15, -0.1) is 0 Å². The Morgan fingerprint density at radius 3 is 2.80 bits per heavy atom. The summed E-state index contributed by atoms with van der Waals surface area (Å²) in [5.41, 5.74) is 4.25. The first-order valence-electron chi connectivity index (χ1n) is 5.84. The van der Waals surface area contributed by atoms with Crippen LogP contribution >= 0.6 is 0 Å². The largest absolute Gasteiger partial charge is 0.321 e. The van der Waals surface area contributed by atoms with Crippen molar-refractivity contribution in [3.63, 3.8) is 0 Å².